The average molecular weight is 373 g/mol. The second-order valence-corrected chi connectivity index (χ2v) is 6.39. The lowest BCUT2D eigenvalue weighted by Gasteiger charge is -2.25. The SMILES string of the molecule is COc1cc(OC)c(OC)cc1COc1ccc(C2CNCCO2)c(C)c1. The van der Waals surface area contributed by atoms with Gasteiger partial charge in [0, 0.05) is 24.7 Å². The number of hydrogen-bond donors (Lipinski definition) is 1. The van der Waals surface area contributed by atoms with Crippen LogP contribution in [0.15, 0.2) is 30.3 Å². The molecule has 6 nitrogen and oxygen atoms in total. The van der Waals surface area contributed by atoms with Gasteiger partial charge >= 0.3 is 0 Å². The molecule has 1 atom stereocenters. The number of hydrogen-bond acceptors (Lipinski definition) is 6. The van der Waals surface area contributed by atoms with Crippen LogP contribution in [0.1, 0.15) is 22.8 Å². The first kappa shape index (κ1) is 19.3. The fourth-order valence-electron chi connectivity index (χ4n) is 3.23. The molecule has 1 aliphatic heterocycles. The van der Waals surface area contributed by atoms with E-state index in [0.717, 1.165) is 36.6 Å². The predicted molar refractivity (Wildman–Crippen MR) is 103 cm³/mol. The summed E-state index contributed by atoms with van der Waals surface area (Å²) in [4.78, 5) is 0. The maximum Gasteiger partial charge on any atom is 0.164 e. The summed E-state index contributed by atoms with van der Waals surface area (Å²) in [7, 11) is 4.84. The molecule has 1 aliphatic rings. The number of morpholine rings is 1. The zero-order valence-corrected chi connectivity index (χ0v) is 16.3. The molecule has 0 aromatic heterocycles. The van der Waals surface area contributed by atoms with Crippen LogP contribution in [0.4, 0.5) is 0 Å². The summed E-state index contributed by atoms with van der Waals surface area (Å²) in [5.41, 5.74) is 3.23. The number of rotatable bonds is 7. The number of ether oxygens (including phenoxy) is 5. The zero-order chi connectivity index (χ0) is 19.2. The molecule has 0 radical (unpaired) electrons. The van der Waals surface area contributed by atoms with Crippen molar-refractivity contribution in [1.29, 1.82) is 0 Å². The molecule has 3 rings (SSSR count). The monoisotopic (exact) mass is 373 g/mol. The van der Waals surface area contributed by atoms with E-state index in [9.17, 15) is 0 Å². The Hall–Kier alpha value is -2.44. The minimum Gasteiger partial charge on any atom is -0.496 e. The molecule has 2 aromatic carbocycles. The maximum absolute atomic E-state index is 6.00. The first-order valence-electron chi connectivity index (χ1n) is 9.00. The second kappa shape index (κ2) is 8.97. The van der Waals surface area contributed by atoms with Gasteiger partial charge in [-0.25, -0.2) is 0 Å². The smallest absolute Gasteiger partial charge is 0.164 e. The second-order valence-electron chi connectivity index (χ2n) is 6.39. The van der Waals surface area contributed by atoms with E-state index in [1.54, 1.807) is 27.4 Å². The molecule has 1 heterocycles. The highest BCUT2D eigenvalue weighted by atomic mass is 16.5. The quantitative estimate of drug-likeness (QED) is 0.804. The van der Waals surface area contributed by atoms with Gasteiger partial charge in [-0.15, -0.1) is 0 Å². The Kier molecular flexibility index (Phi) is 6.42. The Balaban J connectivity index is 1.73. The van der Waals surface area contributed by atoms with Crippen LogP contribution >= 0.6 is 0 Å². The summed E-state index contributed by atoms with van der Waals surface area (Å²) < 4.78 is 28.0. The molecule has 27 heavy (non-hydrogen) atoms. The Bertz CT molecular complexity index is 771. The molecule has 0 bridgehead atoms. The van der Waals surface area contributed by atoms with Crippen molar-refractivity contribution in [3.63, 3.8) is 0 Å². The molecule has 1 fully saturated rings. The number of benzene rings is 2. The van der Waals surface area contributed by atoms with Gasteiger partial charge in [0.15, 0.2) is 11.5 Å². The van der Waals surface area contributed by atoms with Gasteiger partial charge in [-0.05, 0) is 36.2 Å². The Morgan fingerprint density at radius 2 is 1.74 bits per heavy atom. The molecule has 1 saturated heterocycles. The van der Waals surface area contributed by atoms with E-state index in [1.165, 1.54) is 5.56 Å². The summed E-state index contributed by atoms with van der Waals surface area (Å²) in [6, 6.07) is 9.78. The van der Waals surface area contributed by atoms with Gasteiger partial charge in [0.25, 0.3) is 0 Å². The summed E-state index contributed by atoms with van der Waals surface area (Å²) >= 11 is 0. The van der Waals surface area contributed by atoms with E-state index in [1.807, 2.05) is 18.2 Å². The molecule has 146 valence electrons. The first-order chi connectivity index (χ1) is 13.2. The lowest BCUT2D eigenvalue weighted by Crippen LogP contribution is -2.33. The van der Waals surface area contributed by atoms with E-state index >= 15 is 0 Å². The molecule has 0 amide bonds. The van der Waals surface area contributed by atoms with Gasteiger partial charge in [0.05, 0.1) is 34.0 Å². The Morgan fingerprint density at radius 3 is 2.37 bits per heavy atom. The molecule has 0 aliphatic carbocycles. The standard InChI is InChI=1S/C21H27NO5/c1-14-9-16(5-6-17(14)21-12-22-7-8-26-21)27-13-15-10-19(24-3)20(25-4)11-18(15)23-2/h5-6,9-11,21-22H,7-8,12-13H2,1-4H3. The molecule has 1 unspecified atom stereocenters. The van der Waals surface area contributed by atoms with Crippen molar-refractivity contribution in [2.75, 3.05) is 41.0 Å². The summed E-state index contributed by atoms with van der Waals surface area (Å²) in [5.74, 6) is 2.77. The molecule has 0 saturated carbocycles. The molecular weight excluding hydrogens is 346 g/mol. The van der Waals surface area contributed by atoms with E-state index in [4.69, 9.17) is 23.7 Å². The number of methoxy groups -OCH3 is 3. The van der Waals surface area contributed by atoms with Crippen LogP contribution in [-0.4, -0.2) is 41.0 Å². The van der Waals surface area contributed by atoms with Crippen LogP contribution in [0.25, 0.3) is 0 Å². The third kappa shape index (κ3) is 4.46. The lowest BCUT2D eigenvalue weighted by atomic mass is 10.0. The van der Waals surface area contributed by atoms with E-state index < -0.39 is 0 Å². The summed E-state index contributed by atoms with van der Waals surface area (Å²) in [6.07, 6.45) is 0.0961. The van der Waals surface area contributed by atoms with Crippen molar-refractivity contribution in [2.24, 2.45) is 0 Å². The average Bonchev–Trinajstić information content (AvgIpc) is 2.72. The van der Waals surface area contributed by atoms with Gasteiger partial charge < -0.3 is 29.0 Å². The minimum absolute atomic E-state index is 0.0961. The number of aryl methyl sites for hydroxylation is 1. The van der Waals surface area contributed by atoms with Crippen molar-refractivity contribution in [3.05, 3.63) is 47.0 Å². The molecule has 2 aromatic rings. The van der Waals surface area contributed by atoms with Crippen molar-refractivity contribution in [3.8, 4) is 23.0 Å². The maximum atomic E-state index is 6.00. The van der Waals surface area contributed by atoms with E-state index in [2.05, 4.69) is 18.3 Å². The van der Waals surface area contributed by atoms with Gasteiger partial charge in [-0.2, -0.15) is 0 Å². The highest BCUT2D eigenvalue weighted by Crippen LogP contribution is 2.35. The fraction of sp³-hybridized carbons (Fsp3) is 0.429. The third-order valence-corrected chi connectivity index (χ3v) is 4.70. The van der Waals surface area contributed by atoms with Crippen LogP contribution in [0.5, 0.6) is 23.0 Å². The largest absolute Gasteiger partial charge is 0.496 e. The van der Waals surface area contributed by atoms with Crippen LogP contribution in [0.3, 0.4) is 0 Å². The molecule has 1 N–H and O–H groups in total. The highest BCUT2D eigenvalue weighted by Gasteiger charge is 2.18. The minimum atomic E-state index is 0.0961. The molecule has 0 spiro atoms. The molecular formula is C21H27NO5. The van der Waals surface area contributed by atoms with E-state index in [0.29, 0.717) is 23.9 Å². The van der Waals surface area contributed by atoms with Crippen LogP contribution in [-0.2, 0) is 11.3 Å². The topological polar surface area (TPSA) is 58.2 Å². The van der Waals surface area contributed by atoms with Crippen molar-refractivity contribution < 1.29 is 23.7 Å². The number of nitrogens with one attached hydrogen (secondary N) is 1. The van der Waals surface area contributed by atoms with Crippen molar-refractivity contribution in [1.82, 2.24) is 5.32 Å². The van der Waals surface area contributed by atoms with Crippen LogP contribution in [0.2, 0.25) is 0 Å². The van der Waals surface area contributed by atoms with Gasteiger partial charge in [-0.1, -0.05) is 6.07 Å². The summed E-state index contributed by atoms with van der Waals surface area (Å²) in [5, 5.41) is 3.36. The van der Waals surface area contributed by atoms with Gasteiger partial charge in [0.1, 0.15) is 18.1 Å². The lowest BCUT2D eigenvalue weighted by molar-refractivity contribution is 0.0273. The predicted octanol–water partition coefficient (Wildman–Crippen LogP) is 3.26. The molecule has 6 heteroatoms. The highest BCUT2D eigenvalue weighted by molar-refractivity contribution is 5.50. The fourth-order valence-corrected chi connectivity index (χ4v) is 3.23. The van der Waals surface area contributed by atoms with Crippen LogP contribution < -0.4 is 24.3 Å². The first-order valence-corrected chi connectivity index (χ1v) is 9.00. The Morgan fingerprint density at radius 1 is 1.00 bits per heavy atom. The Labute approximate surface area is 160 Å². The van der Waals surface area contributed by atoms with Gasteiger partial charge in [-0.3, -0.25) is 0 Å². The van der Waals surface area contributed by atoms with E-state index in [-0.39, 0.29) is 6.10 Å². The summed E-state index contributed by atoms with van der Waals surface area (Å²) in [6.45, 7) is 4.93. The third-order valence-electron chi connectivity index (χ3n) is 4.70. The van der Waals surface area contributed by atoms with Crippen molar-refractivity contribution in [2.45, 2.75) is 19.6 Å². The zero-order valence-electron chi connectivity index (χ0n) is 16.3. The van der Waals surface area contributed by atoms with Gasteiger partial charge in [0.2, 0.25) is 0 Å². The van der Waals surface area contributed by atoms with Crippen molar-refractivity contribution >= 4 is 0 Å². The van der Waals surface area contributed by atoms with Crippen LogP contribution in [0, 0.1) is 6.92 Å². The normalized spacial score (nSPS) is 16.7.